The van der Waals surface area contributed by atoms with Crippen LogP contribution in [0, 0.1) is 5.92 Å². The lowest BCUT2D eigenvalue weighted by Gasteiger charge is -2.08. The normalized spacial score (nSPS) is 10.6. The number of benzene rings is 1. The van der Waals surface area contributed by atoms with Crippen LogP contribution in [0.1, 0.15) is 19.4 Å². The smallest absolute Gasteiger partial charge is 0.222 e. The minimum absolute atomic E-state index is 0.0234. The van der Waals surface area contributed by atoms with Crippen molar-refractivity contribution in [1.82, 2.24) is 14.9 Å². The molecule has 0 bridgehead atoms. The molecule has 1 heterocycles. The number of aromatic nitrogens is 2. The Balaban J connectivity index is 1.98. The third kappa shape index (κ3) is 2.97. The van der Waals surface area contributed by atoms with Gasteiger partial charge in [0.1, 0.15) is 0 Å². The monoisotopic (exact) mass is 243 g/mol. The van der Waals surface area contributed by atoms with Crippen molar-refractivity contribution < 1.29 is 4.79 Å². The predicted octanol–water partition coefficient (Wildman–Crippen LogP) is 2.14. The second kappa shape index (κ2) is 5.49. The molecule has 0 atom stereocenters. The second-order valence-electron chi connectivity index (χ2n) is 4.51. The number of carbonyl (C=O) groups excluding carboxylic acids is 1. The predicted molar refractivity (Wildman–Crippen MR) is 70.2 cm³/mol. The lowest BCUT2D eigenvalue weighted by molar-refractivity contribution is -0.124. The molecular formula is C14H17N3O. The molecule has 1 aromatic carbocycles. The Morgan fingerprint density at radius 3 is 2.61 bits per heavy atom. The van der Waals surface area contributed by atoms with Crippen LogP contribution in [0.15, 0.2) is 43.0 Å². The van der Waals surface area contributed by atoms with Crippen LogP contribution >= 0.6 is 0 Å². The van der Waals surface area contributed by atoms with Gasteiger partial charge in [-0.3, -0.25) is 4.79 Å². The summed E-state index contributed by atoms with van der Waals surface area (Å²) < 4.78 is 1.94. The first kappa shape index (κ1) is 12.4. The van der Waals surface area contributed by atoms with E-state index in [2.05, 4.69) is 10.3 Å². The summed E-state index contributed by atoms with van der Waals surface area (Å²) in [4.78, 5) is 15.5. The van der Waals surface area contributed by atoms with E-state index in [0.29, 0.717) is 6.54 Å². The van der Waals surface area contributed by atoms with Gasteiger partial charge in [0.15, 0.2) is 0 Å². The van der Waals surface area contributed by atoms with Gasteiger partial charge in [-0.2, -0.15) is 0 Å². The molecule has 0 radical (unpaired) electrons. The van der Waals surface area contributed by atoms with Crippen molar-refractivity contribution in [1.29, 1.82) is 0 Å². The zero-order valence-electron chi connectivity index (χ0n) is 10.6. The van der Waals surface area contributed by atoms with Crippen LogP contribution in [-0.2, 0) is 11.3 Å². The van der Waals surface area contributed by atoms with E-state index in [1.807, 2.05) is 48.9 Å². The summed E-state index contributed by atoms with van der Waals surface area (Å²) >= 11 is 0. The van der Waals surface area contributed by atoms with Crippen molar-refractivity contribution in [2.45, 2.75) is 20.4 Å². The summed E-state index contributed by atoms with van der Waals surface area (Å²) in [6, 6.07) is 8.04. The number of nitrogens with one attached hydrogen (secondary N) is 1. The second-order valence-corrected chi connectivity index (χ2v) is 4.51. The molecule has 4 nitrogen and oxygen atoms in total. The molecule has 18 heavy (non-hydrogen) atoms. The standard InChI is InChI=1S/C14H17N3O/c1-11(2)14(18)16-9-12-3-5-13(6-4-12)17-8-7-15-10-17/h3-8,10-11H,9H2,1-2H3,(H,16,18). The highest BCUT2D eigenvalue weighted by atomic mass is 16.1. The average Bonchev–Trinajstić information content (AvgIpc) is 2.90. The Hall–Kier alpha value is -2.10. The van der Waals surface area contributed by atoms with E-state index in [0.717, 1.165) is 11.3 Å². The molecule has 0 aliphatic heterocycles. The molecule has 0 aliphatic carbocycles. The molecule has 1 aromatic heterocycles. The van der Waals surface area contributed by atoms with Gasteiger partial charge >= 0.3 is 0 Å². The Labute approximate surface area is 107 Å². The summed E-state index contributed by atoms with van der Waals surface area (Å²) in [6.45, 7) is 4.34. The molecule has 0 spiro atoms. The summed E-state index contributed by atoms with van der Waals surface area (Å²) in [5.74, 6) is 0.101. The third-order valence-corrected chi connectivity index (χ3v) is 2.73. The molecule has 0 saturated carbocycles. The minimum atomic E-state index is 0.0234. The molecule has 2 rings (SSSR count). The summed E-state index contributed by atoms with van der Waals surface area (Å²) in [5, 5.41) is 2.89. The van der Waals surface area contributed by atoms with Crippen LogP contribution in [0.25, 0.3) is 5.69 Å². The van der Waals surface area contributed by atoms with Gasteiger partial charge in [0, 0.05) is 30.5 Å². The summed E-state index contributed by atoms with van der Waals surface area (Å²) in [5.41, 5.74) is 2.15. The molecule has 1 N–H and O–H groups in total. The SMILES string of the molecule is CC(C)C(=O)NCc1ccc(-n2ccnc2)cc1. The van der Waals surface area contributed by atoms with Gasteiger partial charge in [-0.05, 0) is 17.7 Å². The van der Waals surface area contributed by atoms with Crippen molar-refractivity contribution in [3.05, 3.63) is 48.5 Å². The van der Waals surface area contributed by atoms with Gasteiger partial charge in [0.05, 0.1) is 6.33 Å². The fraction of sp³-hybridized carbons (Fsp3) is 0.286. The van der Waals surface area contributed by atoms with Crippen LogP contribution in [0.3, 0.4) is 0 Å². The molecule has 0 fully saturated rings. The van der Waals surface area contributed by atoms with Crippen molar-refractivity contribution >= 4 is 5.91 Å². The number of amides is 1. The summed E-state index contributed by atoms with van der Waals surface area (Å²) in [6.07, 6.45) is 5.40. The van der Waals surface area contributed by atoms with Crippen LogP contribution in [-0.4, -0.2) is 15.5 Å². The first-order valence-corrected chi connectivity index (χ1v) is 6.02. The molecule has 0 unspecified atom stereocenters. The van der Waals surface area contributed by atoms with E-state index in [1.165, 1.54) is 0 Å². The lowest BCUT2D eigenvalue weighted by Crippen LogP contribution is -2.27. The first-order chi connectivity index (χ1) is 8.66. The van der Waals surface area contributed by atoms with Gasteiger partial charge in [0.2, 0.25) is 5.91 Å². The maximum atomic E-state index is 11.4. The fourth-order valence-corrected chi connectivity index (χ4v) is 1.59. The van der Waals surface area contributed by atoms with E-state index in [1.54, 1.807) is 12.5 Å². The number of rotatable bonds is 4. The first-order valence-electron chi connectivity index (χ1n) is 6.02. The van der Waals surface area contributed by atoms with Crippen molar-refractivity contribution in [3.63, 3.8) is 0 Å². The van der Waals surface area contributed by atoms with E-state index < -0.39 is 0 Å². The van der Waals surface area contributed by atoms with Gasteiger partial charge in [-0.15, -0.1) is 0 Å². The topological polar surface area (TPSA) is 46.9 Å². The highest BCUT2D eigenvalue weighted by molar-refractivity contribution is 5.77. The van der Waals surface area contributed by atoms with Gasteiger partial charge < -0.3 is 9.88 Å². The van der Waals surface area contributed by atoms with E-state index in [-0.39, 0.29) is 11.8 Å². The molecule has 94 valence electrons. The van der Waals surface area contributed by atoms with E-state index in [4.69, 9.17) is 0 Å². The van der Waals surface area contributed by atoms with Crippen molar-refractivity contribution in [2.24, 2.45) is 5.92 Å². The summed E-state index contributed by atoms with van der Waals surface area (Å²) in [7, 11) is 0. The van der Waals surface area contributed by atoms with Gasteiger partial charge in [0.25, 0.3) is 0 Å². The maximum absolute atomic E-state index is 11.4. The molecular weight excluding hydrogens is 226 g/mol. The lowest BCUT2D eigenvalue weighted by atomic mass is 10.1. The third-order valence-electron chi connectivity index (χ3n) is 2.73. The Kier molecular flexibility index (Phi) is 3.77. The highest BCUT2D eigenvalue weighted by Crippen LogP contribution is 2.09. The Morgan fingerprint density at radius 2 is 2.06 bits per heavy atom. The Bertz CT molecular complexity index is 500. The molecule has 1 amide bonds. The number of carbonyl (C=O) groups is 1. The molecule has 0 saturated heterocycles. The van der Waals surface area contributed by atoms with E-state index in [9.17, 15) is 4.79 Å². The van der Waals surface area contributed by atoms with Crippen LogP contribution < -0.4 is 5.32 Å². The fourth-order valence-electron chi connectivity index (χ4n) is 1.59. The quantitative estimate of drug-likeness (QED) is 0.894. The van der Waals surface area contributed by atoms with Crippen LogP contribution in [0.2, 0.25) is 0 Å². The number of hydrogen-bond donors (Lipinski definition) is 1. The number of hydrogen-bond acceptors (Lipinski definition) is 2. The zero-order chi connectivity index (χ0) is 13.0. The van der Waals surface area contributed by atoms with E-state index >= 15 is 0 Å². The number of nitrogens with zero attached hydrogens (tertiary/aromatic N) is 2. The van der Waals surface area contributed by atoms with Crippen molar-refractivity contribution in [3.8, 4) is 5.69 Å². The van der Waals surface area contributed by atoms with Crippen LogP contribution in [0.5, 0.6) is 0 Å². The zero-order valence-corrected chi connectivity index (χ0v) is 10.6. The largest absolute Gasteiger partial charge is 0.352 e. The Morgan fingerprint density at radius 1 is 1.33 bits per heavy atom. The maximum Gasteiger partial charge on any atom is 0.222 e. The average molecular weight is 243 g/mol. The minimum Gasteiger partial charge on any atom is -0.352 e. The number of imidazole rings is 1. The van der Waals surface area contributed by atoms with Crippen LogP contribution in [0.4, 0.5) is 0 Å². The van der Waals surface area contributed by atoms with Gasteiger partial charge in [-0.25, -0.2) is 4.98 Å². The van der Waals surface area contributed by atoms with Crippen molar-refractivity contribution in [2.75, 3.05) is 0 Å². The molecule has 4 heteroatoms. The molecule has 2 aromatic rings. The molecule has 0 aliphatic rings. The van der Waals surface area contributed by atoms with Gasteiger partial charge in [-0.1, -0.05) is 26.0 Å². The highest BCUT2D eigenvalue weighted by Gasteiger charge is 2.05.